The molecule has 3 N–H and O–H groups in total. The van der Waals surface area contributed by atoms with E-state index in [4.69, 9.17) is 29.0 Å². The van der Waals surface area contributed by atoms with Gasteiger partial charge in [0.1, 0.15) is 0 Å². The zero-order valence-electron chi connectivity index (χ0n) is 11.0. The van der Waals surface area contributed by atoms with Crippen LogP contribution in [0.4, 0.5) is 0 Å². The van der Waals surface area contributed by atoms with Crippen molar-refractivity contribution in [2.45, 2.75) is 25.3 Å². The molecule has 1 fully saturated rings. The monoisotopic (exact) mass is 336 g/mol. The molecule has 1 aliphatic rings. The summed E-state index contributed by atoms with van der Waals surface area (Å²) in [6.07, 6.45) is 2.06. The first-order valence-corrected chi connectivity index (χ1v) is 9.08. The molecular weight excluding hydrogens is 319 g/mol. The Morgan fingerprint density at radius 1 is 1.40 bits per heavy atom. The lowest BCUT2D eigenvalue weighted by atomic mass is 9.95. The minimum atomic E-state index is -2.85. The molecule has 20 heavy (non-hydrogen) atoms. The summed E-state index contributed by atoms with van der Waals surface area (Å²) >= 11 is 12.1. The predicted octanol–water partition coefficient (Wildman–Crippen LogP) is 2.19. The zero-order valence-corrected chi connectivity index (χ0v) is 13.3. The van der Waals surface area contributed by atoms with Gasteiger partial charge in [-0.15, -0.1) is 0 Å². The van der Waals surface area contributed by atoms with Crippen LogP contribution in [0.3, 0.4) is 0 Å². The van der Waals surface area contributed by atoms with Crippen LogP contribution in [0.25, 0.3) is 0 Å². The van der Waals surface area contributed by atoms with E-state index in [1.54, 1.807) is 6.07 Å². The Morgan fingerprint density at radius 2 is 2.15 bits per heavy atom. The first kappa shape index (κ1) is 16.0. The van der Waals surface area contributed by atoms with Crippen LogP contribution >= 0.6 is 23.2 Å². The van der Waals surface area contributed by atoms with Gasteiger partial charge in [0.25, 0.3) is 0 Å². The van der Waals surface area contributed by atoms with Gasteiger partial charge in [-0.2, -0.15) is 0 Å². The second kappa shape index (κ2) is 6.62. The quantitative estimate of drug-likeness (QED) is 0.638. The van der Waals surface area contributed by atoms with Crippen molar-refractivity contribution in [2.24, 2.45) is 11.8 Å². The Labute approximate surface area is 129 Å². The fraction of sp³-hybridized carbons (Fsp3) is 0.538. The van der Waals surface area contributed by atoms with Gasteiger partial charge in [-0.3, -0.25) is 11.3 Å². The summed E-state index contributed by atoms with van der Waals surface area (Å²) in [4.78, 5) is 0. The van der Waals surface area contributed by atoms with Crippen LogP contribution in [0.5, 0.6) is 0 Å². The molecule has 0 saturated carbocycles. The molecule has 4 nitrogen and oxygen atoms in total. The third-order valence-electron chi connectivity index (χ3n) is 3.68. The fourth-order valence-electron chi connectivity index (χ4n) is 2.64. The normalized spacial score (nSPS) is 22.9. The van der Waals surface area contributed by atoms with Crippen LogP contribution in [0.2, 0.25) is 10.0 Å². The van der Waals surface area contributed by atoms with E-state index >= 15 is 0 Å². The summed E-state index contributed by atoms with van der Waals surface area (Å²) in [5, 5.41) is 1.05. The SMILES string of the molecule is NNC(Cc1cccc(Cl)c1Cl)CC1CCS(=O)(=O)C1. The second-order valence-corrected chi connectivity index (χ2v) is 8.30. The molecule has 1 heterocycles. The number of benzene rings is 1. The van der Waals surface area contributed by atoms with Crippen molar-refractivity contribution in [3.63, 3.8) is 0 Å². The maximum Gasteiger partial charge on any atom is 0.150 e. The Bertz CT molecular complexity index is 578. The molecule has 2 unspecified atom stereocenters. The van der Waals surface area contributed by atoms with Gasteiger partial charge in [-0.1, -0.05) is 35.3 Å². The molecule has 1 aromatic carbocycles. The highest BCUT2D eigenvalue weighted by atomic mass is 35.5. The van der Waals surface area contributed by atoms with Crippen molar-refractivity contribution < 1.29 is 8.42 Å². The Kier molecular flexibility index (Phi) is 5.31. The Hall–Kier alpha value is -0.330. The van der Waals surface area contributed by atoms with Crippen molar-refractivity contribution in [3.8, 4) is 0 Å². The molecule has 2 rings (SSSR count). The summed E-state index contributed by atoms with van der Waals surface area (Å²) in [5.41, 5.74) is 3.67. The van der Waals surface area contributed by atoms with Crippen LogP contribution in [0.1, 0.15) is 18.4 Å². The Balaban J connectivity index is 2.01. The number of hydrazine groups is 1. The Morgan fingerprint density at radius 3 is 2.75 bits per heavy atom. The van der Waals surface area contributed by atoms with Gasteiger partial charge in [-0.25, -0.2) is 8.42 Å². The minimum Gasteiger partial charge on any atom is -0.271 e. The third kappa shape index (κ3) is 4.09. The number of halogens is 2. The first-order chi connectivity index (χ1) is 9.41. The van der Waals surface area contributed by atoms with Gasteiger partial charge in [0.15, 0.2) is 9.84 Å². The molecule has 0 aromatic heterocycles. The van der Waals surface area contributed by atoms with Gasteiger partial charge < -0.3 is 0 Å². The van der Waals surface area contributed by atoms with E-state index in [9.17, 15) is 8.42 Å². The van der Waals surface area contributed by atoms with Crippen molar-refractivity contribution in [1.82, 2.24) is 5.43 Å². The highest BCUT2D eigenvalue weighted by Crippen LogP contribution is 2.28. The molecule has 0 aliphatic carbocycles. The van der Waals surface area contributed by atoms with E-state index in [0.29, 0.717) is 22.9 Å². The number of nitrogens with one attached hydrogen (secondary N) is 1. The standard InChI is InChI=1S/C13H18Cl2N2O2S/c14-12-3-1-2-10(13(12)15)7-11(17-16)6-9-4-5-20(18,19)8-9/h1-3,9,11,17H,4-8,16H2. The molecular formula is C13H18Cl2N2O2S. The summed E-state index contributed by atoms with van der Waals surface area (Å²) in [6, 6.07) is 5.48. The summed E-state index contributed by atoms with van der Waals surface area (Å²) in [6.45, 7) is 0. The fourth-order valence-corrected chi connectivity index (χ4v) is 4.92. The van der Waals surface area contributed by atoms with Crippen LogP contribution in [0, 0.1) is 5.92 Å². The molecule has 1 aromatic rings. The maximum absolute atomic E-state index is 11.5. The number of hydrogen-bond acceptors (Lipinski definition) is 4. The van der Waals surface area contributed by atoms with E-state index in [1.165, 1.54) is 0 Å². The number of nitrogens with two attached hydrogens (primary N) is 1. The predicted molar refractivity (Wildman–Crippen MR) is 82.7 cm³/mol. The van der Waals surface area contributed by atoms with E-state index in [-0.39, 0.29) is 23.5 Å². The molecule has 7 heteroatoms. The highest BCUT2D eigenvalue weighted by molar-refractivity contribution is 7.91. The zero-order chi connectivity index (χ0) is 14.8. The van der Waals surface area contributed by atoms with Gasteiger partial charge in [-0.05, 0) is 36.8 Å². The van der Waals surface area contributed by atoms with E-state index in [2.05, 4.69) is 5.43 Å². The number of rotatable bonds is 5. The molecule has 1 aliphatic heterocycles. The lowest BCUT2D eigenvalue weighted by Crippen LogP contribution is -2.38. The second-order valence-electron chi connectivity index (χ2n) is 5.29. The van der Waals surface area contributed by atoms with Crippen LogP contribution in [-0.4, -0.2) is 26.0 Å². The molecule has 0 radical (unpaired) electrons. The van der Waals surface area contributed by atoms with E-state index in [0.717, 1.165) is 12.0 Å². The van der Waals surface area contributed by atoms with E-state index < -0.39 is 9.84 Å². The molecule has 0 spiro atoms. The third-order valence-corrected chi connectivity index (χ3v) is 6.37. The lowest BCUT2D eigenvalue weighted by molar-refractivity contribution is 0.408. The number of sulfone groups is 1. The van der Waals surface area contributed by atoms with Crippen molar-refractivity contribution >= 4 is 33.0 Å². The van der Waals surface area contributed by atoms with Gasteiger partial charge in [0, 0.05) is 6.04 Å². The van der Waals surface area contributed by atoms with Gasteiger partial charge in [0.05, 0.1) is 21.6 Å². The topological polar surface area (TPSA) is 72.2 Å². The van der Waals surface area contributed by atoms with Gasteiger partial charge >= 0.3 is 0 Å². The van der Waals surface area contributed by atoms with Crippen molar-refractivity contribution in [3.05, 3.63) is 33.8 Å². The molecule has 112 valence electrons. The van der Waals surface area contributed by atoms with E-state index in [1.807, 2.05) is 12.1 Å². The summed E-state index contributed by atoms with van der Waals surface area (Å²) in [7, 11) is -2.85. The molecule has 0 amide bonds. The van der Waals surface area contributed by atoms with Gasteiger partial charge in [0.2, 0.25) is 0 Å². The maximum atomic E-state index is 11.5. The summed E-state index contributed by atoms with van der Waals surface area (Å²) in [5.74, 6) is 6.29. The highest BCUT2D eigenvalue weighted by Gasteiger charge is 2.29. The molecule has 1 saturated heterocycles. The van der Waals surface area contributed by atoms with Crippen molar-refractivity contribution in [1.29, 1.82) is 0 Å². The largest absolute Gasteiger partial charge is 0.271 e. The lowest BCUT2D eigenvalue weighted by Gasteiger charge is -2.20. The summed E-state index contributed by atoms with van der Waals surface area (Å²) < 4.78 is 23.0. The van der Waals surface area contributed by atoms with Crippen LogP contribution in [0.15, 0.2) is 18.2 Å². The average molecular weight is 337 g/mol. The smallest absolute Gasteiger partial charge is 0.150 e. The van der Waals surface area contributed by atoms with Crippen LogP contribution < -0.4 is 11.3 Å². The van der Waals surface area contributed by atoms with Crippen LogP contribution in [-0.2, 0) is 16.3 Å². The first-order valence-electron chi connectivity index (χ1n) is 6.50. The number of hydrogen-bond donors (Lipinski definition) is 2. The molecule has 0 bridgehead atoms. The molecule has 2 atom stereocenters. The minimum absolute atomic E-state index is 0.00994. The average Bonchev–Trinajstić information content (AvgIpc) is 2.73. The van der Waals surface area contributed by atoms with Crippen molar-refractivity contribution in [2.75, 3.05) is 11.5 Å².